The summed E-state index contributed by atoms with van der Waals surface area (Å²) in [5.41, 5.74) is 3.57. The second kappa shape index (κ2) is 8.37. The Bertz CT molecular complexity index is 1020. The molecule has 0 fully saturated rings. The van der Waals surface area contributed by atoms with Crippen molar-refractivity contribution in [1.82, 2.24) is 19.7 Å². The van der Waals surface area contributed by atoms with E-state index in [4.69, 9.17) is 4.98 Å². The van der Waals surface area contributed by atoms with E-state index in [1.807, 2.05) is 0 Å². The van der Waals surface area contributed by atoms with E-state index in [9.17, 15) is 0 Å². The molecule has 0 saturated carbocycles. The van der Waals surface area contributed by atoms with Gasteiger partial charge in [-0.25, -0.2) is 4.98 Å². The smallest absolute Gasteiger partial charge is 0.191 e. The summed E-state index contributed by atoms with van der Waals surface area (Å²) in [5.74, 6) is 1.83. The van der Waals surface area contributed by atoms with Crippen LogP contribution in [0.1, 0.15) is 28.9 Å². The molecular weight excluding hydrogens is 392 g/mol. The minimum atomic E-state index is 0.805. The van der Waals surface area contributed by atoms with Crippen molar-refractivity contribution in [3.05, 3.63) is 69.1 Å². The van der Waals surface area contributed by atoms with Gasteiger partial charge in [0, 0.05) is 34.5 Å². The Morgan fingerprint density at radius 3 is 2.74 bits per heavy atom. The molecule has 4 nitrogen and oxygen atoms in total. The average Bonchev–Trinajstić information content (AvgIpc) is 3.42. The van der Waals surface area contributed by atoms with Crippen molar-refractivity contribution < 1.29 is 0 Å². The molecule has 138 valence electrons. The third kappa shape index (κ3) is 4.15. The number of aromatic nitrogens is 4. The van der Waals surface area contributed by atoms with Gasteiger partial charge in [0.2, 0.25) is 0 Å². The zero-order valence-electron chi connectivity index (χ0n) is 15.3. The maximum absolute atomic E-state index is 4.82. The maximum Gasteiger partial charge on any atom is 0.191 e. The SMILES string of the molecule is CCn1c(Cc2cccs2)nnc1SCc1csc(-c2ccccc2C)n1. The van der Waals surface area contributed by atoms with E-state index in [-0.39, 0.29) is 0 Å². The van der Waals surface area contributed by atoms with Crippen molar-refractivity contribution in [2.45, 2.75) is 37.7 Å². The van der Waals surface area contributed by atoms with E-state index in [2.05, 4.69) is 75.8 Å². The number of hydrogen-bond acceptors (Lipinski definition) is 6. The number of rotatable bonds is 7. The fraction of sp³-hybridized carbons (Fsp3) is 0.250. The van der Waals surface area contributed by atoms with E-state index in [1.54, 1.807) is 34.4 Å². The molecular formula is C20H20N4S3. The molecule has 0 aliphatic rings. The second-order valence-electron chi connectivity index (χ2n) is 6.15. The minimum Gasteiger partial charge on any atom is -0.306 e. The van der Waals surface area contributed by atoms with Crippen LogP contribution < -0.4 is 0 Å². The van der Waals surface area contributed by atoms with Crippen LogP contribution in [0.5, 0.6) is 0 Å². The van der Waals surface area contributed by atoms with Gasteiger partial charge in [0.25, 0.3) is 0 Å². The Balaban J connectivity index is 1.46. The molecule has 0 unspecified atom stereocenters. The monoisotopic (exact) mass is 412 g/mol. The van der Waals surface area contributed by atoms with Crippen molar-refractivity contribution in [2.75, 3.05) is 0 Å². The van der Waals surface area contributed by atoms with Crippen molar-refractivity contribution >= 4 is 34.4 Å². The Morgan fingerprint density at radius 1 is 1.07 bits per heavy atom. The Labute approximate surface area is 171 Å². The lowest BCUT2D eigenvalue weighted by molar-refractivity contribution is 0.652. The second-order valence-corrected chi connectivity index (χ2v) is 8.98. The summed E-state index contributed by atoms with van der Waals surface area (Å²) in [6.45, 7) is 5.15. The lowest BCUT2D eigenvalue weighted by atomic mass is 10.1. The molecule has 4 aromatic rings. The number of thiophene rings is 1. The topological polar surface area (TPSA) is 43.6 Å². The largest absolute Gasteiger partial charge is 0.306 e. The van der Waals surface area contributed by atoms with Crippen molar-refractivity contribution in [2.24, 2.45) is 0 Å². The van der Waals surface area contributed by atoms with Gasteiger partial charge in [0.15, 0.2) is 5.16 Å². The predicted molar refractivity (Wildman–Crippen MR) is 115 cm³/mol. The first-order chi connectivity index (χ1) is 13.2. The van der Waals surface area contributed by atoms with Crippen LogP contribution >= 0.6 is 34.4 Å². The van der Waals surface area contributed by atoms with Crippen molar-refractivity contribution in [1.29, 1.82) is 0 Å². The Kier molecular flexibility index (Phi) is 5.71. The van der Waals surface area contributed by atoms with Crippen molar-refractivity contribution in [3.8, 4) is 10.6 Å². The van der Waals surface area contributed by atoms with Crippen LogP contribution in [-0.4, -0.2) is 19.7 Å². The molecule has 0 aliphatic carbocycles. The summed E-state index contributed by atoms with van der Waals surface area (Å²) in [7, 11) is 0. The van der Waals surface area contributed by atoms with Gasteiger partial charge in [-0.1, -0.05) is 42.1 Å². The fourth-order valence-electron chi connectivity index (χ4n) is 2.89. The highest BCUT2D eigenvalue weighted by Crippen LogP contribution is 2.29. The van der Waals surface area contributed by atoms with Crippen LogP contribution in [0.25, 0.3) is 10.6 Å². The zero-order chi connectivity index (χ0) is 18.6. The Hall–Kier alpha value is -1.96. The van der Waals surface area contributed by atoms with Gasteiger partial charge in [-0.2, -0.15) is 0 Å². The molecule has 0 amide bonds. The number of aryl methyl sites for hydroxylation is 1. The van der Waals surface area contributed by atoms with E-state index < -0.39 is 0 Å². The van der Waals surface area contributed by atoms with Crippen LogP contribution in [0.15, 0.2) is 52.3 Å². The summed E-state index contributed by atoms with van der Waals surface area (Å²) in [6, 6.07) is 12.6. The normalized spacial score (nSPS) is 11.2. The molecule has 0 bridgehead atoms. The number of thioether (sulfide) groups is 1. The van der Waals surface area contributed by atoms with Gasteiger partial charge < -0.3 is 4.57 Å². The minimum absolute atomic E-state index is 0.805. The molecule has 7 heteroatoms. The van der Waals surface area contributed by atoms with Gasteiger partial charge in [-0.3, -0.25) is 0 Å². The third-order valence-corrected chi connectivity index (χ3v) is 7.10. The zero-order valence-corrected chi connectivity index (χ0v) is 17.7. The average molecular weight is 413 g/mol. The molecule has 27 heavy (non-hydrogen) atoms. The molecule has 0 N–H and O–H groups in total. The highest BCUT2D eigenvalue weighted by Gasteiger charge is 2.14. The molecule has 4 rings (SSSR count). The third-order valence-electron chi connectivity index (χ3n) is 4.30. The molecule has 0 atom stereocenters. The lowest BCUT2D eigenvalue weighted by Crippen LogP contribution is -2.03. The van der Waals surface area contributed by atoms with E-state index in [0.29, 0.717) is 0 Å². The standard InChI is InChI=1S/C20H20N4S3/c1-3-24-18(11-16-8-6-10-25-16)22-23-20(24)27-13-15-12-26-19(21-15)17-9-5-4-7-14(17)2/h4-10,12H,3,11,13H2,1-2H3. The molecule has 1 aromatic carbocycles. The van der Waals surface area contributed by atoms with Crippen LogP contribution in [0.4, 0.5) is 0 Å². The molecule has 3 aromatic heterocycles. The van der Waals surface area contributed by atoms with Crippen LogP contribution in [0, 0.1) is 6.92 Å². The molecule has 0 radical (unpaired) electrons. The van der Waals surface area contributed by atoms with E-state index >= 15 is 0 Å². The highest BCUT2D eigenvalue weighted by molar-refractivity contribution is 7.98. The number of nitrogens with zero attached hydrogens (tertiary/aromatic N) is 4. The molecule has 0 saturated heterocycles. The van der Waals surface area contributed by atoms with Crippen LogP contribution in [0.2, 0.25) is 0 Å². The number of benzene rings is 1. The van der Waals surface area contributed by atoms with Gasteiger partial charge in [-0.05, 0) is 30.9 Å². The predicted octanol–water partition coefficient (Wildman–Crippen LogP) is 5.67. The molecule has 0 spiro atoms. The summed E-state index contributed by atoms with van der Waals surface area (Å²) in [6.07, 6.45) is 0.840. The highest BCUT2D eigenvalue weighted by atomic mass is 32.2. The van der Waals surface area contributed by atoms with Crippen LogP contribution in [0.3, 0.4) is 0 Å². The lowest BCUT2D eigenvalue weighted by Gasteiger charge is -2.06. The summed E-state index contributed by atoms with van der Waals surface area (Å²) < 4.78 is 2.21. The van der Waals surface area contributed by atoms with Crippen LogP contribution in [-0.2, 0) is 18.7 Å². The maximum atomic E-state index is 4.82. The first-order valence-electron chi connectivity index (χ1n) is 8.82. The number of hydrogen-bond donors (Lipinski definition) is 0. The van der Waals surface area contributed by atoms with Crippen molar-refractivity contribution in [3.63, 3.8) is 0 Å². The van der Waals surface area contributed by atoms with Gasteiger partial charge in [0.05, 0.1) is 5.69 Å². The van der Waals surface area contributed by atoms with Gasteiger partial charge >= 0.3 is 0 Å². The fourth-order valence-corrected chi connectivity index (χ4v) is 5.52. The first-order valence-corrected chi connectivity index (χ1v) is 11.6. The van der Waals surface area contributed by atoms with Gasteiger partial charge in [-0.15, -0.1) is 32.9 Å². The van der Waals surface area contributed by atoms with E-state index in [1.165, 1.54) is 16.0 Å². The Morgan fingerprint density at radius 2 is 1.96 bits per heavy atom. The van der Waals surface area contributed by atoms with E-state index in [0.717, 1.165) is 40.4 Å². The summed E-state index contributed by atoms with van der Waals surface area (Å²) in [4.78, 5) is 6.14. The summed E-state index contributed by atoms with van der Waals surface area (Å²) in [5, 5.41) is 15.1. The molecule has 0 aliphatic heterocycles. The quantitative estimate of drug-likeness (QED) is 0.367. The number of thiazole rings is 1. The van der Waals surface area contributed by atoms with Gasteiger partial charge in [0.1, 0.15) is 10.8 Å². The summed E-state index contributed by atoms with van der Waals surface area (Å²) >= 11 is 5.17. The molecule has 3 heterocycles. The first kappa shape index (κ1) is 18.4.